The highest BCUT2D eigenvalue weighted by atomic mass is 32.2. The van der Waals surface area contributed by atoms with Crippen LogP contribution >= 0.6 is 0 Å². The quantitative estimate of drug-likeness (QED) is 0.671. The molecule has 3 nitrogen and oxygen atoms in total. The Morgan fingerprint density at radius 2 is 1.89 bits per heavy atom. The number of hydrogen-bond donors (Lipinski definition) is 0. The molecule has 1 spiro atoms. The summed E-state index contributed by atoms with van der Waals surface area (Å²) in [4.78, 5) is 0. The van der Waals surface area contributed by atoms with E-state index in [-0.39, 0.29) is 10.2 Å². The molecule has 4 rings (SSSR count). The molecule has 4 heteroatoms. The van der Waals surface area contributed by atoms with Crippen molar-refractivity contribution in [2.24, 2.45) is 15.7 Å². The Morgan fingerprint density at radius 1 is 1.18 bits per heavy atom. The molecule has 28 heavy (non-hydrogen) atoms. The van der Waals surface area contributed by atoms with Gasteiger partial charge in [-0.2, -0.15) is 4.40 Å². The van der Waals surface area contributed by atoms with Crippen LogP contribution in [0.2, 0.25) is 0 Å². The van der Waals surface area contributed by atoms with Gasteiger partial charge in [0.1, 0.15) is 11.0 Å². The minimum absolute atomic E-state index is 0.000811. The predicted octanol–water partition coefficient (Wildman–Crippen LogP) is 4.83. The molecule has 2 saturated carbocycles. The summed E-state index contributed by atoms with van der Waals surface area (Å²) < 4.78 is 23.1. The van der Waals surface area contributed by atoms with Crippen molar-refractivity contribution in [1.29, 1.82) is 0 Å². The standard InChI is InChI=1S/C24H31NO2S/c1-23(2,3)28(26)25-22-21-15-18(8-7-17-5-6-17)9-10-19(21)16-24(22)13-11-20(27-4)12-14-24/h9-10,15,17,20H,5-6,11-14,16H2,1-4H3. The molecule has 0 bridgehead atoms. The van der Waals surface area contributed by atoms with Gasteiger partial charge in [0.15, 0.2) is 0 Å². The highest BCUT2D eigenvalue weighted by Gasteiger charge is 2.46. The largest absolute Gasteiger partial charge is 0.381 e. The average Bonchev–Trinajstić information content (AvgIpc) is 3.45. The van der Waals surface area contributed by atoms with Gasteiger partial charge < -0.3 is 4.74 Å². The fourth-order valence-electron chi connectivity index (χ4n) is 4.33. The first kappa shape index (κ1) is 19.9. The summed E-state index contributed by atoms with van der Waals surface area (Å²) in [6, 6.07) is 6.56. The molecular weight excluding hydrogens is 366 g/mol. The van der Waals surface area contributed by atoms with Crippen LogP contribution in [-0.2, 0) is 22.1 Å². The molecule has 1 aromatic rings. The number of methoxy groups -OCH3 is 1. The molecule has 0 N–H and O–H groups in total. The van der Waals surface area contributed by atoms with Crippen molar-refractivity contribution in [3.05, 3.63) is 34.9 Å². The van der Waals surface area contributed by atoms with E-state index in [1.807, 2.05) is 20.8 Å². The second-order valence-corrected chi connectivity index (χ2v) is 11.5. The van der Waals surface area contributed by atoms with Crippen LogP contribution in [-0.4, -0.2) is 27.9 Å². The lowest BCUT2D eigenvalue weighted by Crippen LogP contribution is -2.36. The number of hydrogen-bond acceptors (Lipinski definition) is 2. The van der Waals surface area contributed by atoms with E-state index < -0.39 is 11.0 Å². The highest BCUT2D eigenvalue weighted by molar-refractivity contribution is 7.85. The van der Waals surface area contributed by atoms with Crippen molar-refractivity contribution in [2.75, 3.05) is 7.11 Å². The third kappa shape index (κ3) is 3.98. The molecule has 3 aliphatic carbocycles. The number of ether oxygens (including phenoxy) is 1. The summed E-state index contributed by atoms with van der Waals surface area (Å²) in [5.41, 5.74) is 4.62. The molecule has 0 heterocycles. The zero-order valence-corrected chi connectivity index (χ0v) is 18.3. The van der Waals surface area contributed by atoms with E-state index in [9.17, 15) is 4.21 Å². The first-order valence-electron chi connectivity index (χ1n) is 10.5. The van der Waals surface area contributed by atoms with Gasteiger partial charge >= 0.3 is 0 Å². The molecule has 0 aliphatic heterocycles. The number of fused-ring (bicyclic) bond motifs is 1. The van der Waals surface area contributed by atoms with Gasteiger partial charge in [-0.05, 0) is 83.4 Å². The van der Waals surface area contributed by atoms with Crippen molar-refractivity contribution in [3.63, 3.8) is 0 Å². The molecule has 1 unspecified atom stereocenters. The van der Waals surface area contributed by atoms with E-state index in [4.69, 9.17) is 9.13 Å². The lowest BCUT2D eigenvalue weighted by atomic mass is 9.70. The first-order chi connectivity index (χ1) is 13.3. The Morgan fingerprint density at radius 3 is 2.50 bits per heavy atom. The smallest absolute Gasteiger partial charge is 0.145 e. The number of nitrogens with zero attached hydrogens (tertiary/aromatic N) is 1. The predicted molar refractivity (Wildman–Crippen MR) is 116 cm³/mol. The van der Waals surface area contributed by atoms with E-state index in [2.05, 4.69) is 30.0 Å². The SMILES string of the molecule is COC1CCC2(CC1)Cc1ccc(C#CC3CC3)cc1C2=NS(=O)C(C)(C)C. The lowest BCUT2D eigenvalue weighted by molar-refractivity contribution is 0.0468. The Hall–Kier alpha value is -1.44. The van der Waals surface area contributed by atoms with E-state index in [0.29, 0.717) is 12.0 Å². The molecular formula is C24H31NO2S. The second kappa shape index (κ2) is 7.43. The van der Waals surface area contributed by atoms with Gasteiger partial charge in [-0.15, -0.1) is 0 Å². The second-order valence-electron chi connectivity index (χ2n) is 9.61. The highest BCUT2D eigenvalue weighted by Crippen LogP contribution is 2.48. The first-order valence-corrected chi connectivity index (χ1v) is 11.6. The van der Waals surface area contributed by atoms with Crippen molar-refractivity contribution in [3.8, 4) is 11.8 Å². The van der Waals surface area contributed by atoms with Crippen molar-refractivity contribution >= 4 is 16.7 Å². The Balaban J connectivity index is 1.73. The maximum absolute atomic E-state index is 13.0. The lowest BCUT2D eigenvalue weighted by Gasteiger charge is -2.37. The fraction of sp³-hybridized carbons (Fsp3) is 0.625. The van der Waals surface area contributed by atoms with Gasteiger partial charge in [0.05, 0.1) is 16.6 Å². The van der Waals surface area contributed by atoms with Gasteiger partial charge in [0.25, 0.3) is 0 Å². The maximum Gasteiger partial charge on any atom is 0.145 e. The zero-order chi connectivity index (χ0) is 19.9. The van der Waals surface area contributed by atoms with Gasteiger partial charge in [-0.3, -0.25) is 0 Å². The van der Waals surface area contributed by atoms with Crippen LogP contribution in [0.15, 0.2) is 22.6 Å². The Bertz CT molecular complexity index is 872. The summed E-state index contributed by atoms with van der Waals surface area (Å²) in [5, 5.41) is 0. The molecule has 0 aromatic heterocycles. The van der Waals surface area contributed by atoms with Gasteiger partial charge in [-0.1, -0.05) is 17.9 Å². The van der Waals surface area contributed by atoms with Crippen LogP contribution in [0.4, 0.5) is 0 Å². The summed E-state index contributed by atoms with van der Waals surface area (Å²) in [7, 11) is 0.546. The summed E-state index contributed by atoms with van der Waals surface area (Å²) >= 11 is 0. The molecule has 0 amide bonds. The molecule has 0 saturated heterocycles. The summed E-state index contributed by atoms with van der Waals surface area (Å²) in [6.45, 7) is 5.99. The van der Waals surface area contributed by atoms with E-state index in [1.165, 1.54) is 24.0 Å². The minimum Gasteiger partial charge on any atom is -0.381 e. The Kier molecular flexibility index (Phi) is 5.27. The van der Waals surface area contributed by atoms with Crippen molar-refractivity contribution in [2.45, 2.75) is 76.6 Å². The van der Waals surface area contributed by atoms with E-state index in [1.54, 1.807) is 7.11 Å². The van der Waals surface area contributed by atoms with Crippen LogP contribution in [0, 0.1) is 23.2 Å². The third-order valence-corrected chi connectivity index (χ3v) is 7.71. The van der Waals surface area contributed by atoms with Gasteiger partial charge in [0, 0.05) is 29.6 Å². The number of benzene rings is 1. The number of rotatable bonds is 2. The van der Waals surface area contributed by atoms with Crippen LogP contribution in [0.3, 0.4) is 0 Å². The maximum atomic E-state index is 13.0. The topological polar surface area (TPSA) is 38.7 Å². The third-order valence-electron chi connectivity index (χ3n) is 6.32. The zero-order valence-electron chi connectivity index (χ0n) is 17.5. The van der Waals surface area contributed by atoms with E-state index in [0.717, 1.165) is 43.4 Å². The Labute approximate surface area is 172 Å². The van der Waals surface area contributed by atoms with Crippen molar-refractivity contribution in [1.82, 2.24) is 0 Å². The van der Waals surface area contributed by atoms with Crippen LogP contribution < -0.4 is 0 Å². The summed E-state index contributed by atoms with van der Waals surface area (Å²) in [5.74, 6) is 7.30. The fourth-order valence-corrected chi connectivity index (χ4v) is 5.07. The molecule has 1 aromatic carbocycles. The van der Waals surface area contributed by atoms with Crippen LogP contribution in [0.1, 0.15) is 76.0 Å². The van der Waals surface area contributed by atoms with Crippen molar-refractivity contribution < 1.29 is 8.95 Å². The molecule has 1 atom stereocenters. The van der Waals surface area contributed by atoms with Crippen LogP contribution in [0.5, 0.6) is 0 Å². The molecule has 0 radical (unpaired) electrons. The minimum atomic E-state index is -1.26. The van der Waals surface area contributed by atoms with E-state index >= 15 is 0 Å². The van der Waals surface area contributed by atoms with Gasteiger partial charge in [0.2, 0.25) is 0 Å². The normalized spacial score (nSPS) is 29.4. The van der Waals surface area contributed by atoms with Gasteiger partial charge in [-0.25, -0.2) is 4.21 Å². The van der Waals surface area contributed by atoms with Crippen LogP contribution in [0.25, 0.3) is 0 Å². The average molecular weight is 398 g/mol. The molecule has 3 aliphatic rings. The molecule has 2 fully saturated rings. The molecule has 150 valence electrons. The summed E-state index contributed by atoms with van der Waals surface area (Å²) in [6.07, 6.45) is 7.98. The monoisotopic (exact) mass is 397 g/mol.